The molecule has 2 N–H and O–H groups in total. The van der Waals surface area contributed by atoms with Gasteiger partial charge in [-0.15, -0.1) is 0 Å². The second-order valence-corrected chi connectivity index (χ2v) is 5.00. The Morgan fingerprint density at radius 2 is 1.68 bits per heavy atom. The van der Waals surface area contributed by atoms with E-state index in [-0.39, 0.29) is 12.0 Å². The first-order valence-corrected chi connectivity index (χ1v) is 6.38. The minimum atomic E-state index is -0.600. The largest absolute Gasteiger partial charge is 0.324 e. The summed E-state index contributed by atoms with van der Waals surface area (Å²) >= 11 is 12.1. The molecule has 2 rings (SSSR count). The molecule has 0 heterocycles. The van der Waals surface area contributed by atoms with Crippen LogP contribution in [0.3, 0.4) is 0 Å². The molecular formula is C14H11Cl2F2N. The van der Waals surface area contributed by atoms with Crippen molar-refractivity contribution in [1.29, 1.82) is 0 Å². The summed E-state index contributed by atoms with van der Waals surface area (Å²) in [7, 11) is 0. The highest BCUT2D eigenvalue weighted by Gasteiger charge is 2.16. The maximum atomic E-state index is 13.6. The Morgan fingerprint density at radius 3 is 2.32 bits per heavy atom. The predicted molar refractivity (Wildman–Crippen MR) is 73.5 cm³/mol. The Balaban J connectivity index is 2.31. The minimum Gasteiger partial charge on any atom is -0.324 e. The molecule has 19 heavy (non-hydrogen) atoms. The van der Waals surface area contributed by atoms with E-state index >= 15 is 0 Å². The Morgan fingerprint density at radius 1 is 1.05 bits per heavy atom. The lowest BCUT2D eigenvalue weighted by atomic mass is 9.99. The van der Waals surface area contributed by atoms with Crippen LogP contribution in [-0.4, -0.2) is 0 Å². The summed E-state index contributed by atoms with van der Waals surface area (Å²) < 4.78 is 26.7. The third kappa shape index (κ3) is 3.24. The molecule has 0 aliphatic carbocycles. The first kappa shape index (κ1) is 14.3. The first-order valence-electron chi connectivity index (χ1n) is 5.62. The topological polar surface area (TPSA) is 26.0 Å². The van der Waals surface area contributed by atoms with Gasteiger partial charge in [-0.3, -0.25) is 0 Å². The summed E-state index contributed by atoms with van der Waals surface area (Å²) in [6.45, 7) is 0. The van der Waals surface area contributed by atoms with Crippen LogP contribution in [0.4, 0.5) is 8.78 Å². The van der Waals surface area contributed by atoms with Gasteiger partial charge in [-0.25, -0.2) is 8.78 Å². The van der Waals surface area contributed by atoms with Gasteiger partial charge in [0.1, 0.15) is 11.6 Å². The molecule has 1 unspecified atom stereocenters. The van der Waals surface area contributed by atoms with Crippen molar-refractivity contribution in [2.45, 2.75) is 12.5 Å². The van der Waals surface area contributed by atoms with E-state index < -0.39 is 17.7 Å². The summed E-state index contributed by atoms with van der Waals surface area (Å²) in [5.74, 6) is -1.01. The Hall–Kier alpha value is -1.16. The highest BCUT2D eigenvalue weighted by molar-refractivity contribution is 6.36. The van der Waals surface area contributed by atoms with Gasteiger partial charge in [0.25, 0.3) is 0 Å². The van der Waals surface area contributed by atoms with Crippen molar-refractivity contribution in [3.05, 3.63) is 69.2 Å². The van der Waals surface area contributed by atoms with Crippen molar-refractivity contribution >= 4 is 23.2 Å². The Bertz CT molecular complexity index is 582. The van der Waals surface area contributed by atoms with Crippen LogP contribution in [0, 0.1) is 11.6 Å². The highest BCUT2D eigenvalue weighted by atomic mass is 35.5. The van der Waals surface area contributed by atoms with Gasteiger partial charge < -0.3 is 5.73 Å². The Kier molecular flexibility index (Phi) is 4.40. The van der Waals surface area contributed by atoms with Crippen molar-refractivity contribution in [1.82, 2.24) is 0 Å². The summed E-state index contributed by atoms with van der Waals surface area (Å²) in [5, 5.41) is 0.827. The average molecular weight is 302 g/mol. The molecule has 5 heteroatoms. The standard InChI is InChI=1S/C14H11Cl2F2N/c15-10-2-1-3-11(16)14(10)13(19)7-8-6-9(17)4-5-12(8)18/h1-6,13H,7,19H2. The SMILES string of the molecule is NC(Cc1cc(F)ccc1F)c1c(Cl)cccc1Cl. The molecule has 0 radical (unpaired) electrons. The van der Waals surface area contributed by atoms with Gasteiger partial charge in [0, 0.05) is 21.7 Å². The summed E-state index contributed by atoms with van der Waals surface area (Å²) in [6, 6.07) is 7.68. The lowest BCUT2D eigenvalue weighted by Crippen LogP contribution is -2.15. The molecule has 0 aliphatic heterocycles. The van der Waals surface area contributed by atoms with Crippen molar-refractivity contribution < 1.29 is 8.78 Å². The van der Waals surface area contributed by atoms with Crippen LogP contribution < -0.4 is 5.73 Å². The minimum absolute atomic E-state index is 0.118. The van der Waals surface area contributed by atoms with Gasteiger partial charge in [0.05, 0.1) is 0 Å². The monoisotopic (exact) mass is 301 g/mol. The molecule has 1 atom stereocenters. The van der Waals surface area contributed by atoms with Gasteiger partial charge in [-0.2, -0.15) is 0 Å². The average Bonchev–Trinajstić information content (AvgIpc) is 2.33. The second kappa shape index (κ2) is 5.87. The lowest BCUT2D eigenvalue weighted by molar-refractivity contribution is 0.573. The maximum Gasteiger partial charge on any atom is 0.126 e. The molecule has 0 saturated carbocycles. The third-order valence-corrected chi connectivity index (χ3v) is 3.48. The van der Waals surface area contributed by atoms with Gasteiger partial charge in [0.15, 0.2) is 0 Å². The van der Waals surface area contributed by atoms with Gasteiger partial charge >= 0.3 is 0 Å². The van der Waals surface area contributed by atoms with Crippen molar-refractivity contribution in [2.75, 3.05) is 0 Å². The molecule has 1 nitrogen and oxygen atoms in total. The van der Waals surface area contributed by atoms with Gasteiger partial charge in [-0.05, 0) is 42.3 Å². The molecule has 0 bridgehead atoms. The van der Waals surface area contributed by atoms with Crippen molar-refractivity contribution in [3.8, 4) is 0 Å². The lowest BCUT2D eigenvalue weighted by Gasteiger charge is -2.16. The summed E-state index contributed by atoms with van der Waals surface area (Å²) in [4.78, 5) is 0. The molecule has 0 amide bonds. The fourth-order valence-corrected chi connectivity index (χ4v) is 2.58. The zero-order valence-electron chi connectivity index (χ0n) is 9.84. The highest BCUT2D eigenvalue weighted by Crippen LogP contribution is 2.31. The zero-order valence-corrected chi connectivity index (χ0v) is 11.3. The molecule has 2 aromatic carbocycles. The predicted octanol–water partition coefficient (Wildman–Crippen LogP) is 4.51. The van der Waals surface area contributed by atoms with Crippen molar-refractivity contribution in [2.24, 2.45) is 5.73 Å². The maximum absolute atomic E-state index is 13.6. The van der Waals surface area contributed by atoms with E-state index in [1.807, 2.05) is 0 Å². The van der Waals surface area contributed by atoms with Gasteiger partial charge in [-0.1, -0.05) is 29.3 Å². The molecule has 0 fully saturated rings. The molecule has 0 aliphatic rings. The van der Waals surface area contributed by atoms with Gasteiger partial charge in [0.2, 0.25) is 0 Å². The number of halogens is 4. The smallest absolute Gasteiger partial charge is 0.126 e. The number of hydrogen-bond donors (Lipinski definition) is 1. The summed E-state index contributed by atoms with van der Waals surface area (Å²) in [6.07, 6.45) is 0.118. The van der Waals surface area contributed by atoms with Crippen LogP contribution in [0.1, 0.15) is 17.2 Å². The van der Waals surface area contributed by atoms with Crippen LogP contribution in [0.25, 0.3) is 0 Å². The molecule has 0 aromatic heterocycles. The molecular weight excluding hydrogens is 291 g/mol. The number of rotatable bonds is 3. The van der Waals surface area contributed by atoms with Crippen LogP contribution in [0.5, 0.6) is 0 Å². The Labute approximate surface area is 119 Å². The van der Waals surface area contributed by atoms with E-state index in [1.54, 1.807) is 18.2 Å². The van der Waals surface area contributed by atoms with Crippen LogP contribution in [0.2, 0.25) is 10.0 Å². The van der Waals surface area contributed by atoms with E-state index in [0.29, 0.717) is 15.6 Å². The number of nitrogens with two attached hydrogens (primary N) is 1. The van der Waals surface area contributed by atoms with E-state index in [9.17, 15) is 8.78 Å². The zero-order chi connectivity index (χ0) is 14.0. The molecule has 0 saturated heterocycles. The molecule has 0 spiro atoms. The number of hydrogen-bond acceptors (Lipinski definition) is 1. The fourth-order valence-electron chi connectivity index (χ4n) is 1.90. The fraction of sp³-hybridized carbons (Fsp3) is 0.143. The normalized spacial score (nSPS) is 12.5. The van der Waals surface area contributed by atoms with Crippen LogP contribution in [-0.2, 0) is 6.42 Å². The van der Waals surface area contributed by atoms with E-state index in [1.165, 1.54) is 0 Å². The quantitative estimate of drug-likeness (QED) is 0.886. The molecule has 2 aromatic rings. The first-order chi connectivity index (χ1) is 8.99. The van der Waals surface area contributed by atoms with Crippen LogP contribution >= 0.6 is 23.2 Å². The third-order valence-electron chi connectivity index (χ3n) is 2.82. The molecule has 100 valence electrons. The summed E-state index contributed by atoms with van der Waals surface area (Å²) in [5.41, 5.74) is 6.72. The van der Waals surface area contributed by atoms with E-state index in [2.05, 4.69) is 0 Å². The second-order valence-electron chi connectivity index (χ2n) is 4.18. The van der Waals surface area contributed by atoms with Crippen molar-refractivity contribution in [3.63, 3.8) is 0 Å². The van der Waals surface area contributed by atoms with E-state index in [0.717, 1.165) is 18.2 Å². The van der Waals surface area contributed by atoms with E-state index in [4.69, 9.17) is 28.9 Å². The number of benzene rings is 2. The van der Waals surface area contributed by atoms with Crippen LogP contribution in [0.15, 0.2) is 36.4 Å².